The number of H-pyrrole nitrogens is 1. The molecule has 0 unspecified atom stereocenters. The molecule has 166 valence electrons. The van der Waals surface area contributed by atoms with Crippen molar-refractivity contribution >= 4 is 5.91 Å². The van der Waals surface area contributed by atoms with Crippen molar-refractivity contribution in [3.8, 4) is 22.4 Å². The summed E-state index contributed by atoms with van der Waals surface area (Å²) in [7, 11) is 0. The van der Waals surface area contributed by atoms with Gasteiger partial charge in [-0.25, -0.2) is 0 Å². The Morgan fingerprint density at radius 1 is 0.875 bits per heavy atom. The van der Waals surface area contributed by atoms with Gasteiger partial charge in [0, 0.05) is 44.2 Å². The second kappa shape index (κ2) is 9.67. The molecule has 0 radical (unpaired) electrons. The van der Waals surface area contributed by atoms with Gasteiger partial charge in [0.2, 0.25) is 5.91 Å². The van der Waals surface area contributed by atoms with Crippen molar-refractivity contribution in [3.63, 3.8) is 0 Å². The van der Waals surface area contributed by atoms with Crippen LogP contribution in [-0.4, -0.2) is 64.7 Å². The molecule has 0 spiro atoms. The van der Waals surface area contributed by atoms with Gasteiger partial charge in [0.05, 0.1) is 11.9 Å². The van der Waals surface area contributed by atoms with E-state index in [1.807, 2.05) is 12.3 Å². The summed E-state index contributed by atoms with van der Waals surface area (Å²) in [5.41, 5.74) is 6.00. The van der Waals surface area contributed by atoms with Crippen LogP contribution in [0.3, 0.4) is 0 Å². The summed E-state index contributed by atoms with van der Waals surface area (Å²) < 4.78 is 0. The number of amides is 1. The molecule has 6 heteroatoms. The lowest BCUT2D eigenvalue weighted by atomic mass is 10.00. The molecule has 0 atom stereocenters. The third-order valence-corrected chi connectivity index (χ3v) is 6.81. The number of likely N-dealkylation sites (tertiary alicyclic amines) is 1. The number of piperidine rings is 1. The summed E-state index contributed by atoms with van der Waals surface area (Å²) in [6, 6.07) is 19.8. The van der Waals surface area contributed by atoms with Crippen LogP contribution in [0.5, 0.6) is 0 Å². The molecule has 3 aromatic rings. The summed E-state index contributed by atoms with van der Waals surface area (Å²) in [5.74, 6) is 0.189. The summed E-state index contributed by atoms with van der Waals surface area (Å²) in [6.45, 7) is 5.72. The van der Waals surface area contributed by atoms with E-state index in [2.05, 4.69) is 73.8 Å². The van der Waals surface area contributed by atoms with E-state index in [4.69, 9.17) is 0 Å². The number of aromatic amines is 1. The van der Waals surface area contributed by atoms with Crippen molar-refractivity contribution in [2.75, 3.05) is 32.7 Å². The molecule has 0 bridgehead atoms. The van der Waals surface area contributed by atoms with Gasteiger partial charge in [-0.05, 0) is 42.6 Å². The minimum atomic E-state index is 0.189. The van der Waals surface area contributed by atoms with Gasteiger partial charge in [0.1, 0.15) is 0 Å². The highest BCUT2D eigenvalue weighted by Crippen LogP contribution is 2.27. The van der Waals surface area contributed by atoms with Gasteiger partial charge in [0.25, 0.3) is 0 Å². The molecular weight excluding hydrogens is 398 g/mol. The molecule has 2 aromatic carbocycles. The fourth-order valence-electron chi connectivity index (χ4n) is 4.97. The minimum absolute atomic E-state index is 0.189. The first-order valence-corrected chi connectivity index (χ1v) is 11.7. The quantitative estimate of drug-likeness (QED) is 0.651. The average molecular weight is 430 g/mol. The van der Waals surface area contributed by atoms with Crippen molar-refractivity contribution in [3.05, 3.63) is 66.4 Å². The maximum absolute atomic E-state index is 11.6. The molecule has 32 heavy (non-hydrogen) atoms. The van der Waals surface area contributed by atoms with Crippen molar-refractivity contribution in [1.82, 2.24) is 25.3 Å². The van der Waals surface area contributed by atoms with Gasteiger partial charge in [-0.1, -0.05) is 54.6 Å². The van der Waals surface area contributed by atoms with E-state index in [1.165, 1.54) is 22.3 Å². The number of carbonyl (C=O) groups is 1. The average Bonchev–Trinajstić information content (AvgIpc) is 3.19. The number of nitrogens with one attached hydrogen (secondary N) is 2. The molecular formula is C26H31N5O. The van der Waals surface area contributed by atoms with Crippen LogP contribution in [0, 0.1) is 0 Å². The van der Waals surface area contributed by atoms with Crippen molar-refractivity contribution < 1.29 is 4.79 Å². The molecule has 2 fully saturated rings. The monoisotopic (exact) mass is 429 g/mol. The molecule has 2 N–H and O–H groups in total. The Kier molecular flexibility index (Phi) is 6.32. The molecule has 1 aromatic heterocycles. The fourth-order valence-corrected chi connectivity index (χ4v) is 4.97. The zero-order valence-electron chi connectivity index (χ0n) is 18.5. The van der Waals surface area contributed by atoms with Crippen molar-refractivity contribution in [1.29, 1.82) is 0 Å². The standard InChI is InChI=1S/C26H31N5O/c32-25-12-16-31(17-13-27-25)24-10-14-30(15-11-24)19-23-18-28-29-26(23)22-8-6-21(7-9-22)20-4-2-1-3-5-20/h1-9,18,24H,10-17,19H2,(H,27,32)(H,28,29). The van der Waals surface area contributed by atoms with E-state index in [0.717, 1.165) is 57.8 Å². The maximum Gasteiger partial charge on any atom is 0.221 e. The van der Waals surface area contributed by atoms with Gasteiger partial charge in [-0.3, -0.25) is 19.7 Å². The lowest BCUT2D eigenvalue weighted by molar-refractivity contribution is -0.120. The third-order valence-electron chi connectivity index (χ3n) is 6.81. The highest BCUT2D eigenvalue weighted by molar-refractivity contribution is 5.76. The minimum Gasteiger partial charge on any atom is -0.355 e. The van der Waals surface area contributed by atoms with E-state index in [-0.39, 0.29) is 5.91 Å². The lowest BCUT2D eigenvalue weighted by Gasteiger charge is -2.37. The summed E-state index contributed by atoms with van der Waals surface area (Å²) in [6.07, 6.45) is 4.92. The van der Waals surface area contributed by atoms with E-state index in [0.29, 0.717) is 12.5 Å². The Hall–Kier alpha value is -2.96. The Morgan fingerprint density at radius 2 is 1.59 bits per heavy atom. The van der Waals surface area contributed by atoms with Gasteiger partial charge in [-0.2, -0.15) is 5.10 Å². The highest BCUT2D eigenvalue weighted by Gasteiger charge is 2.26. The molecule has 0 aliphatic carbocycles. The second-order valence-electron chi connectivity index (χ2n) is 8.86. The van der Waals surface area contributed by atoms with Crippen LogP contribution in [-0.2, 0) is 11.3 Å². The van der Waals surface area contributed by atoms with Crippen LogP contribution in [0.25, 0.3) is 22.4 Å². The van der Waals surface area contributed by atoms with E-state index < -0.39 is 0 Å². The van der Waals surface area contributed by atoms with Crippen LogP contribution in [0.15, 0.2) is 60.8 Å². The third kappa shape index (κ3) is 4.76. The van der Waals surface area contributed by atoms with Crippen molar-refractivity contribution in [2.45, 2.75) is 31.8 Å². The molecule has 3 heterocycles. The molecule has 2 aliphatic rings. The van der Waals surface area contributed by atoms with E-state index >= 15 is 0 Å². The topological polar surface area (TPSA) is 64.3 Å². The molecule has 1 amide bonds. The number of nitrogens with zero attached hydrogens (tertiary/aromatic N) is 3. The maximum atomic E-state index is 11.6. The number of hydrogen-bond donors (Lipinski definition) is 2. The Morgan fingerprint density at radius 3 is 2.38 bits per heavy atom. The second-order valence-corrected chi connectivity index (χ2v) is 8.86. The van der Waals surface area contributed by atoms with Crippen LogP contribution < -0.4 is 5.32 Å². The Balaban J connectivity index is 1.20. The zero-order valence-corrected chi connectivity index (χ0v) is 18.5. The van der Waals surface area contributed by atoms with Crippen LogP contribution in [0.1, 0.15) is 24.8 Å². The van der Waals surface area contributed by atoms with Crippen LogP contribution in [0.2, 0.25) is 0 Å². The van der Waals surface area contributed by atoms with Gasteiger partial charge >= 0.3 is 0 Å². The number of aromatic nitrogens is 2. The first-order chi connectivity index (χ1) is 15.8. The van der Waals surface area contributed by atoms with Crippen molar-refractivity contribution in [2.24, 2.45) is 0 Å². The molecule has 2 saturated heterocycles. The molecule has 0 saturated carbocycles. The number of benzene rings is 2. The smallest absolute Gasteiger partial charge is 0.221 e. The number of rotatable bonds is 5. The normalized spacial score (nSPS) is 18.9. The predicted octanol–water partition coefficient (Wildman–Crippen LogP) is 3.53. The summed E-state index contributed by atoms with van der Waals surface area (Å²) >= 11 is 0. The number of hydrogen-bond acceptors (Lipinski definition) is 4. The largest absolute Gasteiger partial charge is 0.355 e. The van der Waals surface area contributed by atoms with Crippen LogP contribution >= 0.6 is 0 Å². The predicted molar refractivity (Wildman–Crippen MR) is 127 cm³/mol. The molecule has 5 rings (SSSR count). The van der Waals surface area contributed by atoms with Gasteiger partial charge in [-0.15, -0.1) is 0 Å². The highest BCUT2D eigenvalue weighted by atomic mass is 16.1. The van der Waals surface area contributed by atoms with Gasteiger partial charge < -0.3 is 5.32 Å². The lowest BCUT2D eigenvalue weighted by Crippen LogP contribution is -2.45. The molecule has 2 aliphatic heterocycles. The van der Waals surface area contributed by atoms with E-state index in [9.17, 15) is 4.79 Å². The first kappa shape index (κ1) is 20.9. The Bertz CT molecular complexity index is 1020. The first-order valence-electron chi connectivity index (χ1n) is 11.7. The SMILES string of the molecule is O=C1CCN(C2CCN(Cc3cn[nH]c3-c3ccc(-c4ccccc4)cc3)CC2)CCN1. The van der Waals surface area contributed by atoms with Crippen LogP contribution in [0.4, 0.5) is 0 Å². The zero-order chi connectivity index (χ0) is 21.8. The van der Waals surface area contributed by atoms with Gasteiger partial charge in [0.15, 0.2) is 0 Å². The summed E-state index contributed by atoms with van der Waals surface area (Å²) in [4.78, 5) is 16.7. The fraction of sp³-hybridized carbons (Fsp3) is 0.385. The molecule has 6 nitrogen and oxygen atoms in total. The Labute approximate surface area is 189 Å². The number of carbonyl (C=O) groups excluding carboxylic acids is 1. The van der Waals surface area contributed by atoms with E-state index in [1.54, 1.807) is 0 Å². The summed E-state index contributed by atoms with van der Waals surface area (Å²) in [5, 5.41) is 10.6.